The van der Waals surface area contributed by atoms with Crippen molar-refractivity contribution in [2.24, 2.45) is 0 Å². The maximum atomic E-state index is 5.40. The molecule has 5 nitrogen and oxygen atoms in total. The van der Waals surface area contributed by atoms with Crippen LogP contribution in [0.15, 0.2) is 36.8 Å². The van der Waals surface area contributed by atoms with Gasteiger partial charge in [-0.2, -0.15) is 5.10 Å². The summed E-state index contributed by atoms with van der Waals surface area (Å²) >= 11 is 0. The number of pyridine rings is 1. The Kier molecular flexibility index (Phi) is 4.16. The Morgan fingerprint density at radius 3 is 2.84 bits per heavy atom. The zero-order chi connectivity index (χ0) is 13.7. The molecule has 0 aliphatic rings. The second kappa shape index (κ2) is 5.84. The lowest BCUT2D eigenvalue weighted by atomic mass is 10.1. The number of ether oxygens (including phenoxy) is 1. The van der Waals surface area contributed by atoms with Crippen molar-refractivity contribution >= 4 is 5.69 Å². The van der Waals surface area contributed by atoms with Crippen molar-refractivity contribution in [3.05, 3.63) is 36.8 Å². The molecule has 2 rings (SSSR count). The van der Waals surface area contributed by atoms with E-state index in [0.29, 0.717) is 0 Å². The van der Waals surface area contributed by atoms with E-state index >= 15 is 0 Å². The van der Waals surface area contributed by atoms with E-state index in [4.69, 9.17) is 4.74 Å². The van der Waals surface area contributed by atoms with Crippen molar-refractivity contribution < 1.29 is 4.74 Å². The molecule has 0 amide bonds. The van der Waals surface area contributed by atoms with Gasteiger partial charge in [-0.05, 0) is 38.5 Å². The summed E-state index contributed by atoms with van der Waals surface area (Å²) in [7, 11) is 1.74. The van der Waals surface area contributed by atoms with Crippen LogP contribution in [0.1, 0.15) is 20.3 Å². The molecule has 5 heteroatoms. The van der Waals surface area contributed by atoms with E-state index in [1.54, 1.807) is 24.2 Å². The van der Waals surface area contributed by atoms with E-state index in [0.717, 1.165) is 24.5 Å². The van der Waals surface area contributed by atoms with E-state index < -0.39 is 0 Å². The Morgan fingerprint density at radius 1 is 1.32 bits per heavy atom. The number of nitrogens with zero attached hydrogens (tertiary/aromatic N) is 3. The van der Waals surface area contributed by atoms with E-state index in [1.807, 2.05) is 24.4 Å². The summed E-state index contributed by atoms with van der Waals surface area (Å²) in [5, 5.41) is 7.60. The minimum atomic E-state index is -0.124. The first-order valence-electron chi connectivity index (χ1n) is 6.36. The van der Waals surface area contributed by atoms with Gasteiger partial charge in [0.2, 0.25) is 0 Å². The average Bonchev–Trinajstić information content (AvgIpc) is 2.93. The van der Waals surface area contributed by atoms with Gasteiger partial charge < -0.3 is 10.1 Å². The SMILES string of the molecule is COC(C)(C)CCNc1cccnc1-n1cccn1. The highest BCUT2D eigenvalue weighted by Gasteiger charge is 2.15. The first-order chi connectivity index (χ1) is 9.12. The maximum absolute atomic E-state index is 5.40. The maximum Gasteiger partial charge on any atom is 0.176 e. The summed E-state index contributed by atoms with van der Waals surface area (Å²) in [6, 6.07) is 5.80. The molecule has 2 aromatic rings. The molecule has 0 aromatic carbocycles. The quantitative estimate of drug-likeness (QED) is 0.867. The van der Waals surface area contributed by atoms with Gasteiger partial charge >= 0.3 is 0 Å². The fourth-order valence-electron chi connectivity index (χ4n) is 1.71. The van der Waals surface area contributed by atoms with Crippen LogP contribution in [-0.2, 0) is 4.74 Å². The van der Waals surface area contributed by atoms with Crippen molar-refractivity contribution in [1.29, 1.82) is 0 Å². The van der Waals surface area contributed by atoms with Gasteiger partial charge in [-0.3, -0.25) is 0 Å². The number of aromatic nitrogens is 3. The van der Waals surface area contributed by atoms with Crippen LogP contribution < -0.4 is 5.32 Å². The number of nitrogens with one attached hydrogen (secondary N) is 1. The topological polar surface area (TPSA) is 52.0 Å². The van der Waals surface area contributed by atoms with Gasteiger partial charge in [0.25, 0.3) is 0 Å². The van der Waals surface area contributed by atoms with Crippen molar-refractivity contribution in [3.63, 3.8) is 0 Å². The molecule has 1 N–H and O–H groups in total. The third-order valence-electron chi connectivity index (χ3n) is 3.10. The van der Waals surface area contributed by atoms with Crippen molar-refractivity contribution in [1.82, 2.24) is 14.8 Å². The van der Waals surface area contributed by atoms with Crippen LogP contribution in [0.4, 0.5) is 5.69 Å². The van der Waals surface area contributed by atoms with Crippen molar-refractivity contribution in [2.45, 2.75) is 25.9 Å². The van der Waals surface area contributed by atoms with Crippen molar-refractivity contribution in [2.75, 3.05) is 19.0 Å². The van der Waals surface area contributed by atoms with E-state index in [1.165, 1.54) is 0 Å². The lowest BCUT2D eigenvalue weighted by Gasteiger charge is -2.23. The smallest absolute Gasteiger partial charge is 0.176 e. The summed E-state index contributed by atoms with van der Waals surface area (Å²) in [5.41, 5.74) is 0.847. The summed E-state index contributed by atoms with van der Waals surface area (Å²) in [4.78, 5) is 4.36. The largest absolute Gasteiger partial charge is 0.382 e. The highest BCUT2D eigenvalue weighted by Crippen LogP contribution is 2.18. The van der Waals surface area contributed by atoms with Crippen LogP contribution in [0.5, 0.6) is 0 Å². The van der Waals surface area contributed by atoms with Gasteiger partial charge in [0.05, 0.1) is 11.3 Å². The number of rotatable bonds is 6. The molecule has 2 heterocycles. The fraction of sp³-hybridized carbons (Fsp3) is 0.429. The van der Waals surface area contributed by atoms with Gasteiger partial charge in [-0.15, -0.1) is 0 Å². The standard InChI is InChI=1S/C14H20N4O/c1-14(2,19-3)7-10-15-12-6-4-8-16-13(12)18-11-5-9-17-18/h4-6,8-9,11,15H,7,10H2,1-3H3. The average molecular weight is 260 g/mol. The molecule has 2 aromatic heterocycles. The molecule has 0 aliphatic carbocycles. The molecule has 0 saturated carbocycles. The third-order valence-corrected chi connectivity index (χ3v) is 3.10. The minimum absolute atomic E-state index is 0.124. The molecule has 19 heavy (non-hydrogen) atoms. The number of methoxy groups -OCH3 is 1. The molecule has 0 aliphatic heterocycles. The van der Waals surface area contributed by atoms with Crippen molar-refractivity contribution in [3.8, 4) is 5.82 Å². The highest BCUT2D eigenvalue weighted by molar-refractivity contribution is 5.56. The second-order valence-electron chi connectivity index (χ2n) is 4.97. The fourth-order valence-corrected chi connectivity index (χ4v) is 1.71. The van der Waals surface area contributed by atoms with Crippen LogP contribution >= 0.6 is 0 Å². The summed E-state index contributed by atoms with van der Waals surface area (Å²) in [6.07, 6.45) is 6.30. The minimum Gasteiger partial charge on any atom is -0.382 e. The Bertz CT molecular complexity index is 508. The summed E-state index contributed by atoms with van der Waals surface area (Å²) in [6.45, 7) is 4.97. The Labute approximate surface area is 113 Å². The molecule has 0 radical (unpaired) electrons. The second-order valence-corrected chi connectivity index (χ2v) is 4.97. The van der Waals surface area contributed by atoms with Crippen LogP contribution in [-0.4, -0.2) is 34.0 Å². The molecular formula is C14H20N4O. The molecular weight excluding hydrogens is 240 g/mol. The normalized spacial score (nSPS) is 11.5. The highest BCUT2D eigenvalue weighted by atomic mass is 16.5. The molecule has 0 atom stereocenters. The predicted molar refractivity (Wildman–Crippen MR) is 75.6 cm³/mol. The number of hydrogen-bond acceptors (Lipinski definition) is 4. The van der Waals surface area contributed by atoms with Crippen LogP contribution in [0, 0.1) is 0 Å². The van der Waals surface area contributed by atoms with Gasteiger partial charge in [0, 0.05) is 32.2 Å². The first-order valence-corrected chi connectivity index (χ1v) is 6.36. The molecule has 0 fully saturated rings. The van der Waals surface area contributed by atoms with Gasteiger partial charge in [0.15, 0.2) is 5.82 Å². The van der Waals surface area contributed by atoms with Crippen LogP contribution in [0.3, 0.4) is 0 Å². The van der Waals surface area contributed by atoms with E-state index in [-0.39, 0.29) is 5.60 Å². The molecule has 0 saturated heterocycles. The lowest BCUT2D eigenvalue weighted by Crippen LogP contribution is -2.26. The van der Waals surface area contributed by atoms with Gasteiger partial charge in [-0.1, -0.05) is 0 Å². The summed E-state index contributed by atoms with van der Waals surface area (Å²) in [5.74, 6) is 0.808. The van der Waals surface area contributed by atoms with Crippen LogP contribution in [0.2, 0.25) is 0 Å². The zero-order valence-corrected chi connectivity index (χ0v) is 11.6. The predicted octanol–water partition coefficient (Wildman–Crippen LogP) is 2.49. The van der Waals surface area contributed by atoms with E-state index in [2.05, 4.69) is 29.2 Å². The molecule has 102 valence electrons. The Hall–Kier alpha value is -1.88. The van der Waals surface area contributed by atoms with E-state index in [9.17, 15) is 0 Å². The molecule has 0 bridgehead atoms. The molecule has 0 unspecified atom stereocenters. The summed E-state index contributed by atoms with van der Waals surface area (Å²) < 4.78 is 7.16. The number of hydrogen-bond donors (Lipinski definition) is 1. The Balaban J connectivity index is 2.05. The zero-order valence-electron chi connectivity index (χ0n) is 11.6. The molecule has 0 spiro atoms. The lowest BCUT2D eigenvalue weighted by molar-refractivity contribution is 0.0185. The first kappa shape index (κ1) is 13.5. The Morgan fingerprint density at radius 2 is 2.16 bits per heavy atom. The third kappa shape index (κ3) is 3.54. The number of anilines is 1. The van der Waals surface area contributed by atoms with Gasteiger partial charge in [-0.25, -0.2) is 9.67 Å². The van der Waals surface area contributed by atoms with Crippen LogP contribution in [0.25, 0.3) is 5.82 Å². The monoisotopic (exact) mass is 260 g/mol. The van der Waals surface area contributed by atoms with Gasteiger partial charge in [0.1, 0.15) is 0 Å².